The van der Waals surface area contributed by atoms with Crippen LogP contribution >= 0.6 is 0 Å². The van der Waals surface area contributed by atoms with Crippen LogP contribution in [0.1, 0.15) is 59.8 Å². The second-order valence-electron chi connectivity index (χ2n) is 6.94. The van der Waals surface area contributed by atoms with E-state index < -0.39 is 5.60 Å². The predicted molar refractivity (Wildman–Crippen MR) is 97.4 cm³/mol. The highest BCUT2D eigenvalue weighted by Gasteiger charge is 2.42. The quantitative estimate of drug-likeness (QED) is 0.780. The van der Waals surface area contributed by atoms with E-state index in [1.54, 1.807) is 0 Å². The van der Waals surface area contributed by atoms with Crippen LogP contribution in [0.15, 0.2) is 24.3 Å². The van der Waals surface area contributed by atoms with Crippen molar-refractivity contribution in [2.75, 3.05) is 11.9 Å². The molecule has 0 saturated heterocycles. The summed E-state index contributed by atoms with van der Waals surface area (Å²) in [6.07, 6.45) is 4.96. The largest absolute Gasteiger partial charge is 0.491 e. The highest BCUT2D eigenvalue weighted by Crippen LogP contribution is 2.36. The van der Waals surface area contributed by atoms with E-state index >= 15 is 0 Å². The van der Waals surface area contributed by atoms with E-state index in [1.165, 1.54) is 6.42 Å². The molecule has 1 saturated carbocycles. The van der Waals surface area contributed by atoms with Crippen LogP contribution in [0.5, 0.6) is 5.75 Å². The Labute approximate surface area is 145 Å². The van der Waals surface area contributed by atoms with Crippen LogP contribution < -0.4 is 10.1 Å². The lowest BCUT2D eigenvalue weighted by molar-refractivity contribution is -0.147. The number of anilines is 1. The first-order valence-electron chi connectivity index (χ1n) is 9.21. The lowest BCUT2D eigenvalue weighted by Gasteiger charge is -2.38. The Morgan fingerprint density at radius 3 is 2.62 bits per heavy atom. The molecule has 0 unspecified atom stereocenters. The van der Waals surface area contributed by atoms with Crippen molar-refractivity contribution in [3.63, 3.8) is 0 Å². The Bertz CT molecular complexity index is 524. The van der Waals surface area contributed by atoms with Gasteiger partial charge in [0.2, 0.25) is 0 Å². The van der Waals surface area contributed by atoms with E-state index in [0.29, 0.717) is 12.5 Å². The van der Waals surface area contributed by atoms with Gasteiger partial charge >= 0.3 is 0 Å². The Morgan fingerprint density at radius 1 is 1.33 bits per heavy atom. The number of amides is 1. The minimum absolute atomic E-state index is 0.0218. The van der Waals surface area contributed by atoms with Gasteiger partial charge in [-0.05, 0) is 69.7 Å². The second kappa shape index (κ2) is 8.52. The standard InChI is InChI=1S/C20H31NO3/c1-5-16(4)24-18-11-9-17(10-12-18)21-19(22)20(23-6-2)13-7-8-15(3)14-20/h9-12,15-16H,5-8,13-14H2,1-4H3,(H,21,22)/t15-,16-,20-/m1/s1. The zero-order valence-electron chi connectivity index (χ0n) is 15.4. The SMILES string of the molecule is CCO[C@]1(C(=O)Nc2ccc(O[C@H](C)CC)cc2)CCC[C@@H](C)C1. The maximum atomic E-state index is 12.9. The molecule has 1 aliphatic carbocycles. The summed E-state index contributed by atoms with van der Waals surface area (Å²) in [7, 11) is 0. The third-order valence-electron chi connectivity index (χ3n) is 4.81. The first-order chi connectivity index (χ1) is 11.5. The van der Waals surface area contributed by atoms with Crippen molar-refractivity contribution in [1.29, 1.82) is 0 Å². The van der Waals surface area contributed by atoms with Crippen LogP contribution in [-0.4, -0.2) is 24.2 Å². The average molecular weight is 333 g/mol. The lowest BCUT2D eigenvalue weighted by Crippen LogP contribution is -2.48. The van der Waals surface area contributed by atoms with Gasteiger partial charge in [-0.25, -0.2) is 0 Å². The summed E-state index contributed by atoms with van der Waals surface area (Å²) in [6, 6.07) is 7.58. The first kappa shape index (κ1) is 18.8. The molecule has 1 N–H and O–H groups in total. The fourth-order valence-corrected chi connectivity index (χ4v) is 3.36. The maximum Gasteiger partial charge on any atom is 0.256 e. The van der Waals surface area contributed by atoms with E-state index in [2.05, 4.69) is 19.2 Å². The number of carbonyl (C=O) groups excluding carboxylic acids is 1. The van der Waals surface area contributed by atoms with Crippen molar-refractivity contribution in [3.8, 4) is 5.75 Å². The molecule has 1 amide bonds. The molecule has 134 valence electrons. The van der Waals surface area contributed by atoms with E-state index in [0.717, 1.165) is 37.1 Å². The summed E-state index contributed by atoms with van der Waals surface area (Å²) in [6.45, 7) is 8.85. The Hall–Kier alpha value is -1.55. The summed E-state index contributed by atoms with van der Waals surface area (Å²) in [5, 5.41) is 3.03. The van der Waals surface area contributed by atoms with Crippen molar-refractivity contribution in [1.82, 2.24) is 0 Å². The molecule has 1 aliphatic rings. The van der Waals surface area contributed by atoms with Crippen molar-refractivity contribution < 1.29 is 14.3 Å². The molecule has 0 spiro atoms. The number of rotatable bonds is 7. The average Bonchev–Trinajstić information content (AvgIpc) is 2.56. The lowest BCUT2D eigenvalue weighted by atomic mass is 9.78. The number of nitrogens with one attached hydrogen (secondary N) is 1. The Kier molecular flexibility index (Phi) is 6.67. The zero-order chi connectivity index (χ0) is 17.6. The molecule has 1 aromatic carbocycles. The van der Waals surface area contributed by atoms with E-state index in [9.17, 15) is 4.79 Å². The monoisotopic (exact) mass is 333 g/mol. The molecule has 1 fully saturated rings. The first-order valence-corrected chi connectivity index (χ1v) is 9.21. The zero-order valence-corrected chi connectivity index (χ0v) is 15.4. The predicted octanol–water partition coefficient (Wildman–Crippen LogP) is 4.79. The van der Waals surface area contributed by atoms with Gasteiger partial charge in [0, 0.05) is 12.3 Å². The molecule has 1 aromatic rings. The third-order valence-corrected chi connectivity index (χ3v) is 4.81. The van der Waals surface area contributed by atoms with Crippen LogP contribution in [0.2, 0.25) is 0 Å². The molecule has 0 bridgehead atoms. The van der Waals surface area contributed by atoms with E-state index in [4.69, 9.17) is 9.47 Å². The van der Waals surface area contributed by atoms with Crippen LogP contribution in [-0.2, 0) is 9.53 Å². The van der Waals surface area contributed by atoms with Crippen LogP contribution in [0.4, 0.5) is 5.69 Å². The van der Waals surface area contributed by atoms with Gasteiger partial charge in [0.1, 0.15) is 11.4 Å². The topological polar surface area (TPSA) is 47.6 Å². The van der Waals surface area contributed by atoms with Crippen molar-refractivity contribution in [2.24, 2.45) is 5.92 Å². The van der Waals surface area contributed by atoms with Gasteiger partial charge in [0.25, 0.3) is 5.91 Å². The third kappa shape index (κ3) is 4.73. The summed E-state index contributed by atoms with van der Waals surface area (Å²) in [5.74, 6) is 1.32. The van der Waals surface area contributed by atoms with Gasteiger partial charge in [-0.2, -0.15) is 0 Å². The number of benzene rings is 1. The Morgan fingerprint density at radius 2 is 2.04 bits per heavy atom. The number of hydrogen-bond acceptors (Lipinski definition) is 3. The fraction of sp³-hybridized carbons (Fsp3) is 0.650. The molecule has 0 radical (unpaired) electrons. The van der Waals surface area contributed by atoms with Gasteiger partial charge in [0.05, 0.1) is 6.10 Å². The summed E-state index contributed by atoms with van der Waals surface area (Å²) in [4.78, 5) is 12.9. The molecule has 0 aromatic heterocycles. The normalized spacial score (nSPS) is 25.1. The molecule has 4 nitrogen and oxygen atoms in total. The van der Waals surface area contributed by atoms with Gasteiger partial charge in [-0.3, -0.25) is 4.79 Å². The second-order valence-corrected chi connectivity index (χ2v) is 6.94. The summed E-state index contributed by atoms with van der Waals surface area (Å²) in [5.41, 5.74) is 0.104. The number of hydrogen-bond donors (Lipinski definition) is 1. The van der Waals surface area contributed by atoms with Crippen molar-refractivity contribution >= 4 is 11.6 Å². The van der Waals surface area contributed by atoms with Crippen LogP contribution in [0, 0.1) is 5.92 Å². The molecule has 4 heteroatoms. The van der Waals surface area contributed by atoms with Gasteiger partial charge in [-0.15, -0.1) is 0 Å². The van der Waals surface area contributed by atoms with Crippen LogP contribution in [0.3, 0.4) is 0 Å². The van der Waals surface area contributed by atoms with Crippen molar-refractivity contribution in [2.45, 2.75) is 71.5 Å². The van der Waals surface area contributed by atoms with Crippen LogP contribution in [0.25, 0.3) is 0 Å². The van der Waals surface area contributed by atoms with Crippen molar-refractivity contribution in [3.05, 3.63) is 24.3 Å². The summed E-state index contributed by atoms with van der Waals surface area (Å²) >= 11 is 0. The molecule has 0 aliphatic heterocycles. The number of carbonyl (C=O) groups is 1. The minimum Gasteiger partial charge on any atom is -0.491 e. The molecular weight excluding hydrogens is 302 g/mol. The summed E-state index contributed by atoms with van der Waals surface area (Å²) < 4.78 is 11.7. The molecule has 2 rings (SSSR count). The highest BCUT2D eigenvalue weighted by molar-refractivity contribution is 5.97. The maximum absolute atomic E-state index is 12.9. The van der Waals surface area contributed by atoms with E-state index in [-0.39, 0.29) is 12.0 Å². The fourth-order valence-electron chi connectivity index (χ4n) is 3.36. The molecule has 0 heterocycles. The van der Waals surface area contributed by atoms with E-state index in [1.807, 2.05) is 38.1 Å². The smallest absolute Gasteiger partial charge is 0.256 e. The minimum atomic E-state index is -0.682. The molecular formula is C20H31NO3. The van der Waals surface area contributed by atoms with Gasteiger partial charge in [-0.1, -0.05) is 20.3 Å². The van der Waals surface area contributed by atoms with Gasteiger partial charge in [0.15, 0.2) is 0 Å². The molecule has 24 heavy (non-hydrogen) atoms. The van der Waals surface area contributed by atoms with Gasteiger partial charge < -0.3 is 14.8 Å². The highest BCUT2D eigenvalue weighted by atomic mass is 16.5. The Balaban J connectivity index is 2.04. The molecule has 3 atom stereocenters. The number of ether oxygens (including phenoxy) is 2.